The van der Waals surface area contributed by atoms with Crippen LogP contribution in [0.3, 0.4) is 0 Å². The number of hydrogen-bond donors (Lipinski definition) is 2. The minimum atomic E-state index is -3.85. The Labute approximate surface area is 170 Å². The highest BCUT2D eigenvalue weighted by Gasteiger charge is 2.26. The molecule has 1 amide bonds. The van der Waals surface area contributed by atoms with Crippen LogP contribution in [-0.2, 0) is 21.4 Å². The monoisotopic (exact) mass is 419 g/mol. The Morgan fingerprint density at radius 1 is 1.07 bits per heavy atom. The Bertz CT molecular complexity index is 955. The predicted octanol–water partition coefficient (Wildman–Crippen LogP) is 2.91. The number of hydrogen-bond acceptors (Lipinski definition) is 5. The summed E-state index contributed by atoms with van der Waals surface area (Å²) < 4.78 is 27.8. The molecule has 156 valence electrons. The second-order valence-electron chi connectivity index (χ2n) is 7.26. The quantitative estimate of drug-likeness (QED) is 0.478. The molecule has 2 aromatic carbocycles. The van der Waals surface area contributed by atoms with Gasteiger partial charge in [-0.15, -0.1) is 0 Å². The van der Waals surface area contributed by atoms with Crippen LogP contribution in [0.5, 0.6) is 0 Å². The molecule has 2 rings (SSSR count). The van der Waals surface area contributed by atoms with Crippen molar-refractivity contribution in [3.8, 4) is 0 Å². The lowest BCUT2D eigenvalue weighted by molar-refractivity contribution is -0.384. The number of non-ortho nitro benzene ring substituents is 1. The van der Waals surface area contributed by atoms with E-state index in [1.807, 2.05) is 20.8 Å². The van der Waals surface area contributed by atoms with Crippen LogP contribution in [0.2, 0.25) is 0 Å². The molecule has 0 fully saturated rings. The molecule has 0 heterocycles. The first-order valence-corrected chi connectivity index (χ1v) is 10.7. The Morgan fingerprint density at radius 3 is 2.17 bits per heavy atom. The van der Waals surface area contributed by atoms with Gasteiger partial charge in [-0.3, -0.25) is 14.9 Å². The minimum absolute atomic E-state index is 0.0383. The molecule has 1 atom stereocenters. The van der Waals surface area contributed by atoms with Crippen molar-refractivity contribution in [3.63, 3.8) is 0 Å². The van der Waals surface area contributed by atoms with Crippen LogP contribution < -0.4 is 10.0 Å². The van der Waals surface area contributed by atoms with Gasteiger partial charge >= 0.3 is 0 Å². The number of amides is 1. The fourth-order valence-electron chi connectivity index (χ4n) is 2.70. The van der Waals surface area contributed by atoms with E-state index in [0.717, 1.165) is 5.56 Å². The molecule has 9 heteroatoms. The molecule has 2 N–H and O–H groups in total. The van der Waals surface area contributed by atoms with Gasteiger partial charge in [-0.2, -0.15) is 4.72 Å². The van der Waals surface area contributed by atoms with Gasteiger partial charge in [0.05, 0.1) is 9.82 Å². The van der Waals surface area contributed by atoms with E-state index in [9.17, 15) is 23.3 Å². The summed E-state index contributed by atoms with van der Waals surface area (Å²) >= 11 is 0. The summed E-state index contributed by atoms with van der Waals surface area (Å²) in [6, 6.07) is 11.3. The number of aryl methyl sites for hydroxylation is 1. The van der Waals surface area contributed by atoms with Crippen LogP contribution in [0.4, 0.5) is 5.69 Å². The first-order chi connectivity index (χ1) is 13.6. The summed E-state index contributed by atoms with van der Waals surface area (Å²) in [4.78, 5) is 23.0. The SMILES string of the molecule is Cc1ccc(S(=O)(=O)NC(CC(C)C)C(=O)NCc2ccc([N+](=O)[O-])cc2)cc1. The van der Waals surface area contributed by atoms with Gasteiger partial charge < -0.3 is 5.32 Å². The Balaban J connectivity index is 2.09. The maximum Gasteiger partial charge on any atom is 0.269 e. The summed E-state index contributed by atoms with van der Waals surface area (Å²) in [5, 5.41) is 13.4. The highest BCUT2D eigenvalue weighted by Crippen LogP contribution is 2.14. The number of benzene rings is 2. The van der Waals surface area contributed by atoms with Gasteiger partial charge in [0.2, 0.25) is 15.9 Å². The smallest absolute Gasteiger partial charge is 0.269 e. The number of carbonyl (C=O) groups excluding carboxylic acids is 1. The molecule has 0 aliphatic heterocycles. The lowest BCUT2D eigenvalue weighted by atomic mass is 10.0. The average molecular weight is 420 g/mol. The molecule has 0 aliphatic carbocycles. The molecule has 2 aromatic rings. The summed E-state index contributed by atoms with van der Waals surface area (Å²) in [5.74, 6) is -0.362. The number of carbonyl (C=O) groups is 1. The standard InChI is InChI=1S/C20H25N3O5S/c1-14(2)12-19(22-29(27,28)18-10-4-15(3)5-11-18)20(24)21-13-16-6-8-17(9-7-16)23(25)26/h4-11,14,19,22H,12-13H2,1-3H3,(H,21,24). The largest absolute Gasteiger partial charge is 0.351 e. The van der Waals surface area contributed by atoms with Crippen LogP contribution in [0.15, 0.2) is 53.4 Å². The van der Waals surface area contributed by atoms with E-state index < -0.39 is 26.9 Å². The Hall–Kier alpha value is -2.78. The lowest BCUT2D eigenvalue weighted by Crippen LogP contribution is -2.47. The van der Waals surface area contributed by atoms with Crippen molar-refractivity contribution < 1.29 is 18.1 Å². The summed E-state index contributed by atoms with van der Waals surface area (Å²) in [5.41, 5.74) is 1.57. The number of nitro benzene ring substituents is 1. The molecule has 0 spiro atoms. The number of sulfonamides is 1. The number of nitrogens with zero attached hydrogens (tertiary/aromatic N) is 1. The van der Waals surface area contributed by atoms with E-state index in [4.69, 9.17) is 0 Å². The topological polar surface area (TPSA) is 118 Å². The van der Waals surface area contributed by atoms with Crippen molar-refractivity contribution in [1.82, 2.24) is 10.0 Å². The van der Waals surface area contributed by atoms with E-state index >= 15 is 0 Å². The fourth-order valence-corrected chi connectivity index (χ4v) is 3.91. The van der Waals surface area contributed by atoms with Crippen molar-refractivity contribution in [2.75, 3.05) is 0 Å². The molecule has 0 aliphatic rings. The van der Waals surface area contributed by atoms with Crippen molar-refractivity contribution in [2.45, 2.75) is 44.7 Å². The summed E-state index contributed by atoms with van der Waals surface area (Å²) in [6.45, 7) is 5.79. The maximum atomic E-state index is 12.7. The molecule has 1 unspecified atom stereocenters. The number of nitro groups is 1. The van der Waals surface area contributed by atoms with E-state index in [1.165, 1.54) is 24.3 Å². The molecular formula is C20H25N3O5S. The molecule has 0 radical (unpaired) electrons. The zero-order valence-corrected chi connectivity index (χ0v) is 17.4. The van der Waals surface area contributed by atoms with Crippen molar-refractivity contribution in [2.24, 2.45) is 5.92 Å². The van der Waals surface area contributed by atoms with Gasteiger partial charge in [0.15, 0.2) is 0 Å². The molecular weight excluding hydrogens is 394 g/mol. The molecule has 8 nitrogen and oxygen atoms in total. The first kappa shape index (κ1) is 22.5. The second kappa shape index (κ2) is 9.62. The summed E-state index contributed by atoms with van der Waals surface area (Å²) in [7, 11) is -3.85. The van der Waals surface area contributed by atoms with Crippen molar-refractivity contribution in [3.05, 3.63) is 69.8 Å². The zero-order valence-electron chi connectivity index (χ0n) is 16.6. The van der Waals surface area contributed by atoms with Crippen LogP contribution in [0.1, 0.15) is 31.4 Å². The predicted molar refractivity (Wildman–Crippen MR) is 110 cm³/mol. The molecule has 0 saturated carbocycles. The molecule has 0 bridgehead atoms. The van der Waals surface area contributed by atoms with E-state index in [-0.39, 0.29) is 23.0 Å². The van der Waals surface area contributed by atoms with E-state index in [0.29, 0.717) is 12.0 Å². The Kier molecular flexibility index (Phi) is 7.46. The van der Waals surface area contributed by atoms with Crippen LogP contribution in [0, 0.1) is 23.0 Å². The summed E-state index contributed by atoms with van der Waals surface area (Å²) in [6.07, 6.45) is 0.331. The van der Waals surface area contributed by atoms with Crippen LogP contribution in [-0.4, -0.2) is 25.3 Å². The minimum Gasteiger partial charge on any atom is -0.351 e. The van der Waals surface area contributed by atoms with Crippen molar-refractivity contribution >= 4 is 21.6 Å². The zero-order chi connectivity index (χ0) is 21.6. The first-order valence-electron chi connectivity index (χ1n) is 9.18. The number of rotatable bonds is 9. The number of nitrogens with one attached hydrogen (secondary N) is 2. The van der Waals surface area contributed by atoms with Gasteiger partial charge in [0, 0.05) is 18.7 Å². The molecule has 29 heavy (non-hydrogen) atoms. The third kappa shape index (κ3) is 6.65. The highest BCUT2D eigenvalue weighted by molar-refractivity contribution is 7.89. The van der Waals surface area contributed by atoms with Crippen LogP contribution in [0.25, 0.3) is 0 Å². The van der Waals surface area contributed by atoms with E-state index in [2.05, 4.69) is 10.0 Å². The fraction of sp³-hybridized carbons (Fsp3) is 0.350. The second-order valence-corrected chi connectivity index (χ2v) is 8.97. The third-order valence-corrected chi connectivity index (χ3v) is 5.75. The van der Waals surface area contributed by atoms with E-state index in [1.54, 1.807) is 24.3 Å². The van der Waals surface area contributed by atoms with Gasteiger partial charge in [-0.05, 0) is 37.0 Å². The third-order valence-electron chi connectivity index (χ3n) is 4.27. The van der Waals surface area contributed by atoms with Gasteiger partial charge in [-0.25, -0.2) is 8.42 Å². The van der Waals surface area contributed by atoms with Gasteiger partial charge in [0.1, 0.15) is 6.04 Å². The molecule has 0 aromatic heterocycles. The Morgan fingerprint density at radius 2 is 1.66 bits per heavy atom. The highest BCUT2D eigenvalue weighted by atomic mass is 32.2. The molecule has 0 saturated heterocycles. The van der Waals surface area contributed by atoms with Crippen molar-refractivity contribution in [1.29, 1.82) is 0 Å². The normalized spacial score (nSPS) is 12.6. The van der Waals surface area contributed by atoms with Gasteiger partial charge in [0.25, 0.3) is 5.69 Å². The maximum absolute atomic E-state index is 12.7. The average Bonchev–Trinajstić information content (AvgIpc) is 2.65. The van der Waals surface area contributed by atoms with Crippen LogP contribution >= 0.6 is 0 Å². The van der Waals surface area contributed by atoms with Gasteiger partial charge in [-0.1, -0.05) is 43.7 Å². The lowest BCUT2D eigenvalue weighted by Gasteiger charge is -2.20.